The van der Waals surface area contributed by atoms with Gasteiger partial charge in [0.2, 0.25) is 0 Å². The Morgan fingerprint density at radius 1 is 0.812 bits per heavy atom. The van der Waals surface area contributed by atoms with E-state index >= 15 is 0 Å². The molecule has 0 fully saturated rings. The van der Waals surface area contributed by atoms with Crippen LogP contribution in [-0.4, -0.2) is 7.11 Å². The van der Waals surface area contributed by atoms with Crippen LogP contribution in [0.3, 0.4) is 0 Å². The van der Waals surface area contributed by atoms with Gasteiger partial charge in [0.05, 0.1) is 13.4 Å². The Morgan fingerprint density at radius 2 is 1.38 bits per heavy atom. The zero-order valence-electron chi connectivity index (χ0n) is 10.9. The molecule has 0 aliphatic heterocycles. The highest BCUT2D eigenvalue weighted by atomic mass is 16.5. The van der Waals surface area contributed by atoms with E-state index in [-0.39, 0.29) is 0 Å². The molecule has 1 heteroatoms. The monoisotopic (exact) mass is 218 g/mol. The number of allylic oxidation sites excluding steroid dienone is 9. The van der Waals surface area contributed by atoms with Crippen molar-refractivity contribution in [3.63, 3.8) is 0 Å². The van der Waals surface area contributed by atoms with Crippen molar-refractivity contribution in [2.75, 3.05) is 7.11 Å². The van der Waals surface area contributed by atoms with Crippen LogP contribution in [0.15, 0.2) is 59.4 Å². The van der Waals surface area contributed by atoms with E-state index < -0.39 is 0 Å². The molecule has 0 radical (unpaired) electrons. The van der Waals surface area contributed by atoms with Crippen molar-refractivity contribution < 1.29 is 4.74 Å². The van der Waals surface area contributed by atoms with Crippen LogP contribution in [0.4, 0.5) is 0 Å². The van der Waals surface area contributed by atoms with Crippen molar-refractivity contribution in [2.45, 2.75) is 27.7 Å². The average molecular weight is 218 g/mol. The maximum atomic E-state index is 4.90. The van der Waals surface area contributed by atoms with Crippen LogP contribution in [0.2, 0.25) is 0 Å². The van der Waals surface area contributed by atoms with Gasteiger partial charge in [-0.25, -0.2) is 0 Å². The minimum absolute atomic E-state index is 1.10. The largest absolute Gasteiger partial charge is 0.504 e. The Bertz CT molecular complexity index is 334. The second kappa shape index (κ2) is 8.78. The molecule has 0 aromatic carbocycles. The van der Waals surface area contributed by atoms with E-state index in [1.165, 1.54) is 11.1 Å². The molecule has 1 nitrogen and oxygen atoms in total. The van der Waals surface area contributed by atoms with E-state index in [1.54, 1.807) is 13.4 Å². The summed E-state index contributed by atoms with van der Waals surface area (Å²) in [6, 6.07) is 0. The number of methoxy groups -OCH3 is 1. The number of hydrogen-bond donors (Lipinski definition) is 0. The van der Waals surface area contributed by atoms with Gasteiger partial charge in [0, 0.05) is 0 Å². The molecule has 0 rings (SSSR count). The summed E-state index contributed by atoms with van der Waals surface area (Å²) in [7, 11) is 1.65. The van der Waals surface area contributed by atoms with Gasteiger partial charge in [0.25, 0.3) is 0 Å². The lowest BCUT2D eigenvalue weighted by molar-refractivity contribution is 0.335. The molecular formula is C15H22O. The van der Waals surface area contributed by atoms with Crippen molar-refractivity contribution in [3.05, 3.63) is 59.4 Å². The van der Waals surface area contributed by atoms with Gasteiger partial charge < -0.3 is 4.74 Å². The zero-order valence-corrected chi connectivity index (χ0v) is 10.9. The molecule has 0 aliphatic rings. The van der Waals surface area contributed by atoms with Gasteiger partial charge in [0.15, 0.2) is 0 Å². The normalized spacial score (nSPS) is 13.6. The van der Waals surface area contributed by atoms with Gasteiger partial charge in [-0.15, -0.1) is 0 Å². The summed E-state index contributed by atoms with van der Waals surface area (Å²) < 4.78 is 4.90. The van der Waals surface area contributed by atoms with E-state index in [0.717, 1.165) is 5.57 Å². The molecule has 0 bridgehead atoms. The molecule has 0 amide bonds. The van der Waals surface area contributed by atoms with Gasteiger partial charge in [-0.3, -0.25) is 0 Å². The van der Waals surface area contributed by atoms with E-state index in [2.05, 4.69) is 45.1 Å². The molecular weight excluding hydrogens is 196 g/mol. The van der Waals surface area contributed by atoms with Gasteiger partial charge in [-0.2, -0.15) is 0 Å². The summed E-state index contributed by atoms with van der Waals surface area (Å²) in [5.74, 6) is 0. The van der Waals surface area contributed by atoms with Gasteiger partial charge in [0.1, 0.15) is 0 Å². The van der Waals surface area contributed by atoms with Crippen LogP contribution in [-0.2, 0) is 4.74 Å². The summed E-state index contributed by atoms with van der Waals surface area (Å²) >= 11 is 0. The van der Waals surface area contributed by atoms with Crippen LogP contribution in [0.25, 0.3) is 0 Å². The van der Waals surface area contributed by atoms with Gasteiger partial charge in [-0.05, 0) is 33.3 Å². The minimum Gasteiger partial charge on any atom is -0.504 e. The fraction of sp³-hybridized carbons (Fsp3) is 0.333. The molecule has 0 saturated heterocycles. The first-order valence-corrected chi connectivity index (χ1v) is 5.42. The van der Waals surface area contributed by atoms with Crippen LogP contribution < -0.4 is 0 Å². The van der Waals surface area contributed by atoms with Crippen molar-refractivity contribution in [3.8, 4) is 0 Å². The lowest BCUT2D eigenvalue weighted by Gasteiger charge is -1.91. The first-order chi connectivity index (χ1) is 7.56. The van der Waals surface area contributed by atoms with Crippen LogP contribution in [0.1, 0.15) is 27.7 Å². The van der Waals surface area contributed by atoms with Crippen molar-refractivity contribution >= 4 is 0 Å². The van der Waals surface area contributed by atoms with Crippen LogP contribution in [0, 0.1) is 0 Å². The maximum absolute atomic E-state index is 4.90. The first kappa shape index (κ1) is 14.5. The number of rotatable bonds is 5. The minimum atomic E-state index is 1.10. The Morgan fingerprint density at radius 3 is 1.94 bits per heavy atom. The van der Waals surface area contributed by atoms with E-state index in [1.807, 2.05) is 19.1 Å². The molecule has 0 atom stereocenters. The zero-order chi connectivity index (χ0) is 12.4. The first-order valence-electron chi connectivity index (χ1n) is 5.42. The molecule has 0 aromatic heterocycles. The molecule has 16 heavy (non-hydrogen) atoms. The molecule has 0 N–H and O–H groups in total. The van der Waals surface area contributed by atoms with E-state index in [0.29, 0.717) is 0 Å². The fourth-order valence-electron chi connectivity index (χ4n) is 1.02. The van der Waals surface area contributed by atoms with E-state index in [9.17, 15) is 0 Å². The lowest BCUT2D eigenvalue weighted by Crippen LogP contribution is -1.71. The summed E-state index contributed by atoms with van der Waals surface area (Å²) in [6.07, 6.45) is 14.1. The third kappa shape index (κ3) is 9.07. The van der Waals surface area contributed by atoms with Crippen LogP contribution >= 0.6 is 0 Å². The van der Waals surface area contributed by atoms with E-state index in [4.69, 9.17) is 4.74 Å². The maximum Gasteiger partial charge on any atom is 0.0853 e. The Labute approximate surface area is 99.5 Å². The van der Waals surface area contributed by atoms with Gasteiger partial charge >= 0.3 is 0 Å². The quantitative estimate of drug-likeness (QED) is 0.485. The molecule has 0 heterocycles. The molecule has 88 valence electrons. The van der Waals surface area contributed by atoms with Crippen molar-refractivity contribution in [2.24, 2.45) is 0 Å². The smallest absolute Gasteiger partial charge is 0.0853 e. The van der Waals surface area contributed by atoms with Gasteiger partial charge in [-0.1, -0.05) is 47.6 Å². The summed E-state index contributed by atoms with van der Waals surface area (Å²) in [6.45, 7) is 8.25. The number of hydrogen-bond acceptors (Lipinski definition) is 1. The highest BCUT2D eigenvalue weighted by molar-refractivity contribution is 5.27. The van der Waals surface area contributed by atoms with Crippen molar-refractivity contribution in [1.29, 1.82) is 0 Å². The lowest BCUT2D eigenvalue weighted by atomic mass is 10.2. The predicted molar refractivity (Wildman–Crippen MR) is 72.2 cm³/mol. The highest BCUT2D eigenvalue weighted by Crippen LogP contribution is 2.00. The second-order valence-electron chi connectivity index (χ2n) is 3.97. The highest BCUT2D eigenvalue weighted by Gasteiger charge is 1.80. The summed E-state index contributed by atoms with van der Waals surface area (Å²) in [5.41, 5.74) is 3.62. The Kier molecular flexibility index (Phi) is 7.96. The molecule has 0 aromatic rings. The van der Waals surface area contributed by atoms with Crippen molar-refractivity contribution in [1.82, 2.24) is 0 Å². The topological polar surface area (TPSA) is 9.23 Å². The SMILES string of the molecule is COC=C(C)C=CC=C(C)C=CC=C(C)C. The standard InChI is InChI=1S/C15H22O/c1-13(2)8-6-9-14(3)10-7-11-15(4)12-16-5/h6-12H,1-5H3. The average Bonchev–Trinajstić information content (AvgIpc) is 2.17. The predicted octanol–water partition coefficient (Wildman–Crippen LogP) is 4.56. The molecule has 0 saturated carbocycles. The third-order valence-electron chi connectivity index (χ3n) is 1.81. The molecule has 0 aliphatic carbocycles. The second-order valence-corrected chi connectivity index (χ2v) is 3.97. The Hall–Kier alpha value is -1.50. The number of ether oxygens (including phenoxy) is 1. The van der Waals surface area contributed by atoms with Crippen LogP contribution in [0.5, 0.6) is 0 Å². The summed E-state index contributed by atoms with van der Waals surface area (Å²) in [4.78, 5) is 0. The summed E-state index contributed by atoms with van der Waals surface area (Å²) in [5, 5.41) is 0. The Balaban J connectivity index is 4.30. The molecule has 0 unspecified atom stereocenters. The fourth-order valence-corrected chi connectivity index (χ4v) is 1.02. The third-order valence-corrected chi connectivity index (χ3v) is 1.81. The molecule has 0 spiro atoms.